The topological polar surface area (TPSA) is 77.4 Å². The summed E-state index contributed by atoms with van der Waals surface area (Å²) in [6, 6.07) is 9.46. The van der Waals surface area contributed by atoms with Gasteiger partial charge in [-0.2, -0.15) is 0 Å². The summed E-state index contributed by atoms with van der Waals surface area (Å²) in [5, 5.41) is 2.61. The number of hydrogen-bond acceptors (Lipinski definition) is 4. The van der Waals surface area contributed by atoms with Crippen LogP contribution in [-0.2, 0) is 16.1 Å². The standard InChI is InChI=1S/C15H13BrN2O4/c1-22-15(21)11-4-2-3-5-12(11)17-13(19)9-18-8-10(16)6-7-14(18)20/h2-8H,9H2,1H3,(H,17,19). The van der Waals surface area contributed by atoms with Crippen LogP contribution in [0, 0.1) is 0 Å². The maximum absolute atomic E-state index is 12.1. The summed E-state index contributed by atoms with van der Waals surface area (Å²) in [5.74, 6) is -0.966. The highest BCUT2D eigenvalue weighted by Crippen LogP contribution is 2.16. The monoisotopic (exact) mass is 364 g/mol. The number of benzene rings is 1. The average molecular weight is 365 g/mol. The van der Waals surface area contributed by atoms with Gasteiger partial charge in [-0.15, -0.1) is 0 Å². The molecular weight excluding hydrogens is 352 g/mol. The summed E-state index contributed by atoms with van der Waals surface area (Å²) >= 11 is 3.24. The summed E-state index contributed by atoms with van der Waals surface area (Å²) in [4.78, 5) is 35.4. The van der Waals surface area contributed by atoms with Gasteiger partial charge in [-0.25, -0.2) is 4.79 Å². The summed E-state index contributed by atoms with van der Waals surface area (Å²) < 4.78 is 6.61. The molecule has 1 amide bonds. The van der Waals surface area contributed by atoms with Gasteiger partial charge in [-0.1, -0.05) is 12.1 Å². The number of hydrogen-bond donors (Lipinski definition) is 1. The molecule has 0 saturated heterocycles. The quantitative estimate of drug-likeness (QED) is 0.842. The molecule has 0 radical (unpaired) electrons. The molecule has 2 rings (SSSR count). The fraction of sp³-hybridized carbons (Fsp3) is 0.133. The van der Waals surface area contributed by atoms with Gasteiger partial charge in [0.2, 0.25) is 5.91 Å². The third kappa shape index (κ3) is 3.82. The molecule has 1 aromatic carbocycles. The van der Waals surface area contributed by atoms with Gasteiger partial charge in [0.1, 0.15) is 6.54 Å². The van der Waals surface area contributed by atoms with Crippen molar-refractivity contribution in [1.29, 1.82) is 0 Å². The molecule has 1 N–H and O–H groups in total. The molecule has 0 fully saturated rings. The highest BCUT2D eigenvalue weighted by atomic mass is 79.9. The fourth-order valence-electron chi connectivity index (χ4n) is 1.85. The van der Waals surface area contributed by atoms with Crippen molar-refractivity contribution in [3.05, 3.63) is 63.0 Å². The van der Waals surface area contributed by atoms with E-state index in [0.717, 1.165) is 0 Å². The van der Waals surface area contributed by atoms with E-state index in [2.05, 4.69) is 26.0 Å². The number of ether oxygens (including phenoxy) is 1. The number of carbonyl (C=O) groups excluding carboxylic acids is 2. The Bertz CT molecular complexity index is 770. The van der Waals surface area contributed by atoms with Crippen LogP contribution in [-0.4, -0.2) is 23.6 Å². The Morgan fingerprint density at radius 1 is 1.23 bits per heavy atom. The SMILES string of the molecule is COC(=O)c1ccccc1NC(=O)Cn1cc(Br)ccc1=O. The van der Waals surface area contributed by atoms with Crippen LogP contribution in [0.3, 0.4) is 0 Å². The largest absolute Gasteiger partial charge is 0.465 e. The minimum Gasteiger partial charge on any atom is -0.465 e. The molecule has 0 aliphatic carbocycles. The Morgan fingerprint density at radius 2 is 1.95 bits per heavy atom. The Balaban J connectivity index is 2.18. The van der Waals surface area contributed by atoms with Crippen molar-refractivity contribution in [3.63, 3.8) is 0 Å². The van der Waals surface area contributed by atoms with Crippen molar-refractivity contribution in [2.24, 2.45) is 0 Å². The number of nitrogens with zero attached hydrogens (tertiary/aromatic N) is 1. The number of methoxy groups -OCH3 is 1. The lowest BCUT2D eigenvalue weighted by atomic mass is 10.2. The van der Waals surface area contributed by atoms with Crippen LogP contribution in [0.5, 0.6) is 0 Å². The molecule has 0 saturated carbocycles. The lowest BCUT2D eigenvalue weighted by Crippen LogP contribution is -2.27. The van der Waals surface area contributed by atoms with E-state index in [1.807, 2.05) is 0 Å². The van der Waals surface area contributed by atoms with Crippen LogP contribution in [0.1, 0.15) is 10.4 Å². The van der Waals surface area contributed by atoms with Gasteiger partial charge in [0.15, 0.2) is 0 Å². The second kappa shape index (κ2) is 7.04. The van der Waals surface area contributed by atoms with E-state index in [1.165, 1.54) is 23.9 Å². The van der Waals surface area contributed by atoms with Gasteiger partial charge in [0.05, 0.1) is 18.4 Å². The molecule has 0 atom stereocenters. The maximum atomic E-state index is 12.1. The van der Waals surface area contributed by atoms with Crippen LogP contribution < -0.4 is 10.9 Å². The first kappa shape index (κ1) is 16.0. The van der Waals surface area contributed by atoms with Gasteiger partial charge in [-0.05, 0) is 34.1 Å². The molecule has 1 heterocycles. The zero-order valence-electron chi connectivity index (χ0n) is 11.7. The third-order valence-electron chi connectivity index (χ3n) is 2.87. The highest BCUT2D eigenvalue weighted by molar-refractivity contribution is 9.10. The van der Waals surface area contributed by atoms with E-state index >= 15 is 0 Å². The molecule has 7 heteroatoms. The molecule has 0 aliphatic heterocycles. The van der Waals surface area contributed by atoms with Crippen molar-refractivity contribution >= 4 is 33.5 Å². The second-order valence-electron chi connectivity index (χ2n) is 4.40. The van der Waals surface area contributed by atoms with Crippen LogP contribution in [0.4, 0.5) is 5.69 Å². The molecule has 0 bridgehead atoms. The Hall–Kier alpha value is -2.41. The second-order valence-corrected chi connectivity index (χ2v) is 5.31. The van der Waals surface area contributed by atoms with Crippen LogP contribution in [0.2, 0.25) is 0 Å². The number of esters is 1. The summed E-state index contributed by atoms with van der Waals surface area (Å²) in [6.45, 7) is -0.159. The molecule has 0 spiro atoms. The first-order valence-electron chi connectivity index (χ1n) is 6.34. The van der Waals surface area contributed by atoms with E-state index in [4.69, 9.17) is 0 Å². The van der Waals surface area contributed by atoms with Gasteiger partial charge >= 0.3 is 5.97 Å². The Morgan fingerprint density at radius 3 is 2.68 bits per heavy atom. The summed E-state index contributed by atoms with van der Waals surface area (Å²) in [6.07, 6.45) is 1.52. The van der Waals surface area contributed by atoms with Crippen molar-refractivity contribution in [3.8, 4) is 0 Å². The molecule has 114 valence electrons. The number of anilines is 1. The Kier molecular flexibility index (Phi) is 5.11. The van der Waals surface area contributed by atoms with E-state index in [0.29, 0.717) is 10.2 Å². The zero-order chi connectivity index (χ0) is 16.1. The smallest absolute Gasteiger partial charge is 0.339 e. The predicted molar refractivity (Wildman–Crippen MR) is 84.8 cm³/mol. The lowest BCUT2D eigenvalue weighted by Gasteiger charge is -2.10. The van der Waals surface area contributed by atoms with Gasteiger partial charge in [-0.3, -0.25) is 9.59 Å². The molecule has 1 aromatic heterocycles. The first-order valence-corrected chi connectivity index (χ1v) is 7.14. The summed E-state index contributed by atoms with van der Waals surface area (Å²) in [5.41, 5.74) is 0.293. The number of para-hydroxylation sites is 1. The highest BCUT2D eigenvalue weighted by Gasteiger charge is 2.13. The average Bonchev–Trinajstić information content (AvgIpc) is 2.50. The fourth-order valence-corrected chi connectivity index (χ4v) is 2.23. The van der Waals surface area contributed by atoms with E-state index in [-0.39, 0.29) is 17.7 Å². The molecule has 6 nitrogen and oxygen atoms in total. The summed E-state index contributed by atoms with van der Waals surface area (Å²) in [7, 11) is 1.27. The number of aromatic nitrogens is 1. The zero-order valence-corrected chi connectivity index (χ0v) is 13.3. The number of halogens is 1. The number of carbonyl (C=O) groups is 2. The minimum atomic E-state index is -0.546. The predicted octanol–water partition coefficient (Wildman–Crippen LogP) is 2.04. The molecule has 22 heavy (non-hydrogen) atoms. The minimum absolute atomic E-state index is 0.159. The van der Waals surface area contributed by atoms with E-state index < -0.39 is 11.9 Å². The lowest BCUT2D eigenvalue weighted by molar-refractivity contribution is -0.116. The number of pyridine rings is 1. The maximum Gasteiger partial charge on any atom is 0.339 e. The van der Waals surface area contributed by atoms with E-state index in [1.54, 1.807) is 30.3 Å². The van der Waals surface area contributed by atoms with Gasteiger partial charge in [0.25, 0.3) is 5.56 Å². The van der Waals surface area contributed by atoms with Crippen LogP contribution in [0.15, 0.2) is 51.9 Å². The van der Waals surface area contributed by atoms with Gasteiger partial charge in [0, 0.05) is 16.7 Å². The first-order chi connectivity index (χ1) is 10.5. The Labute approximate surface area is 134 Å². The van der Waals surface area contributed by atoms with E-state index in [9.17, 15) is 14.4 Å². The van der Waals surface area contributed by atoms with Crippen molar-refractivity contribution in [1.82, 2.24) is 4.57 Å². The molecule has 2 aromatic rings. The molecule has 0 unspecified atom stereocenters. The third-order valence-corrected chi connectivity index (χ3v) is 3.34. The van der Waals surface area contributed by atoms with Gasteiger partial charge < -0.3 is 14.6 Å². The normalized spacial score (nSPS) is 10.1. The van der Waals surface area contributed by atoms with Crippen LogP contribution in [0.25, 0.3) is 0 Å². The van der Waals surface area contributed by atoms with Crippen molar-refractivity contribution in [2.75, 3.05) is 12.4 Å². The number of rotatable bonds is 4. The number of amides is 1. The van der Waals surface area contributed by atoms with Crippen LogP contribution >= 0.6 is 15.9 Å². The van der Waals surface area contributed by atoms with Crippen molar-refractivity contribution < 1.29 is 14.3 Å². The number of nitrogens with one attached hydrogen (secondary N) is 1. The van der Waals surface area contributed by atoms with Crippen molar-refractivity contribution in [2.45, 2.75) is 6.54 Å². The molecule has 0 aliphatic rings. The molecular formula is C15H13BrN2O4.